The highest BCUT2D eigenvalue weighted by molar-refractivity contribution is 7.92. The van der Waals surface area contributed by atoms with Crippen LogP contribution in [0.4, 0.5) is 5.69 Å². The number of sulfonamides is 1. The van der Waals surface area contributed by atoms with Gasteiger partial charge in [-0.05, 0) is 23.6 Å². The number of nitrogens with one attached hydrogen (secondary N) is 1. The van der Waals surface area contributed by atoms with Crippen molar-refractivity contribution in [3.8, 4) is 21.8 Å². The number of thiophene rings is 1. The second-order valence-electron chi connectivity index (χ2n) is 4.50. The summed E-state index contributed by atoms with van der Waals surface area (Å²) in [5.74, 6) is 0. The third-order valence-corrected chi connectivity index (χ3v) is 4.94. The molecule has 0 atom stereocenters. The Hall–Kier alpha value is -1.70. The minimum atomic E-state index is -3.24. The maximum atomic E-state index is 11.2. The molecule has 0 saturated heterocycles. The summed E-state index contributed by atoms with van der Waals surface area (Å²) in [4.78, 5) is 4.61. The van der Waals surface area contributed by atoms with Crippen LogP contribution in [0.25, 0.3) is 21.8 Å². The molecule has 4 nitrogen and oxygen atoms in total. The van der Waals surface area contributed by atoms with Gasteiger partial charge in [0, 0.05) is 27.6 Å². The first-order valence-corrected chi connectivity index (χ1v) is 9.79. The number of aromatic nitrogens is 1. The zero-order valence-corrected chi connectivity index (χ0v) is 13.6. The van der Waals surface area contributed by atoms with Crippen LogP contribution in [0.2, 0.25) is 0 Å². The lowest BCUT2D eigenvalue weighted by atomic mass is 10.1. The lowest BCUT2D eigenvalue weighted by Crippen LogP contribution is -2.09. The number of benzene rings is 1. The molecule has 3 rings (SSSR count). The number of anilines is 1. The molecule has 0 aliphatic heterocycles. The van der Waals surface area contributed by atoms with Crippen LogP contribution in [-0.2, 0) is 10.0 Å². The second-order valence-corrected chi connectivity index (χ2v) is 7.89. The lowest BCUT2D eigenvalue weighted by molar-refractivity contribution is 0.607. The minimum Gasteiger partial charge on any atom is -0.284 e. The number of thiazole rings is 1. The van der Waals surface area contributed by atoms with E-state index in [0.29, 0.717) is 5.69 Å². The Bertz CT molecular complexity index is 835. The Balaban J connectivity index is 1.84. The highest BCUT2D eigenvalue weighted by Crippen LogP contribution is 2.30. The van der Waals surface area contributed by atoms with Crippen LogP contribution in [0.15, 0.2) is 46.5 Å². The molecule has 21 heavy (non-hydrogen) atoms. The number of hydrogen-bond donors (Lipinski definition) is 1. The highest BCUT2D eigenvalue weighted by atomic mass is 32.2. The topological polar surface area (TPSA) is 59.1 Å². The molecule has 0 aliphatic carbocycles. The van der Waals surface area contributed by atoms with Crippen LogP contribution in [-0.4, -0.2) is 19.7 Å². The average molecular weight is 336 g/mol. The molecular weight excluding hydrogens is 324 g/mol. The van der Waals surface area contributed by atoms with Gasteiger partial charge >= 0.3 is 0 Å². The first kappa shape index (κ1) is 14.2. The maximum absolute atomic E-state index is 11.2. The van der Waals surface area contributed by atoms with Crippen molar-refractivity contribution >= 4 is 38.4 Å². The molecule has 3 aromatic rings. The van der Waals surface area contributed by atoms with E-state index in [1.807, 2.05) is 29.0 Å². The standard InChI is InChI=1S/C14H12N2O2S3/c1-21(17,18)16-12-4-2-10(3-5-12)13-9-20-14(15-13)11-6-7-19-8-11/h2-9,16H,1H3. The van der Waals surface area contributed by atoms with E-state index in [0.717, 1.165) is 28.1 Å². The predicted octanol–water partition coefficient (Wildman–Crippen LogP) is 3.91. The minimum absolute atomic E-state index is 0.550. The molecule has 7 heteroatoms. The molecule has 108 valence electrons. The quantitative estimate of drug-likeness (QED) is 0.786. The van der Waals surface area contributed by atoms with E-state index < -0.39 is 10.0 Å². The SMILES string of the molecule is CS(=O)(=O)Nc1ccc(-c2csc(-c3ccsc3)n2)cc1. The summed E-state index contributed by atoms with van der Waals surface area (Å²) in [7, 11) is -3.24. The number of rotatable bonds is 4. The summed E-state index contributed by atoms with van der Waals surface area (Å²) < 4.78 is 24.8. The second kappa shape index (κ2) is 5.59. The molecule has 0 fully saturated rings. The Kier molecular flexibility index (Phi) is 3.79. The Morgan fingerprint density at radius 3 is 2.43 bits per heavy atom. The summed E-state index contributed by atoms with van der Waals surface area (Å²) in [5.41, 5.74) is 3.54. The van der Waals surface area contributed by atoms with Crippen LogP contribution in [0, 0.1) is 0 Å². The van der Waals surface area contributed by atoms with Crippen molar-refractivity contribution in [1.82, 2.24) is 4.98 Å². The molecule has 0 aliphatic rings. The molecule has 0 radical (unpaired) electrons. The van der Waals surface area contributed by atoms with Gasteiger partial charge in [-0.25, -0.2) is 13.4 Å². The summed E-state index contributed by atoms with van der Waals surface area (Å²) in [6.07, 6.45) is 1.13. The van der Waals surface area contributed by atoms with Crippen molar-refractivity contribution in [2.24, 2.45) is 0 Å². The van der Waals surface area contributed by atoms with Gasteiger partial charge in [-0.15, -0.1) is 11.3 Å². The Morgan fingerprint density at radius 1 is 1.05 bits per heavy atom. The van der Waals surface area contributed by atoms with Crippen LogP contribution in [0.5, 0.6) is 0 Å². The van der Waals surface area contributed by atoms with Gasteiger partial charge in [0.15, 0.2) is 0 Å². The maximum Gasteiger partial charge on any atom is 0.229 e. The third kappa shape index (κ3) is 3.49. The van der Waals surface area contributed by atoms with Crippen LogP contribution in [0.3, 0.4) is 0 Å². The van der Waals surface area contributed by atoms with Gasteiger partial charge in [0.1, 0.15) is 5.01 Å². The van der Waals surface area contributed by atoms with E-state index in [1.54, 1.807) is 34.8 Å². The summed E-state index contributed by atoms with van der Waals surface area (Å²) in [6, 6.07) is 9.24. The Morgan fingerprint density at radius 2 is 1.81 bits per heavy atom. The van der Waals surface area contributed by atoms with Crippen molar-refractivity contribution in [2.45, 2.75) is 0 Å². The van der Waals surface area contributed by atoms with Gasteiger partial charge in [-0.1, -0.05) is 12.1 Å². The van der Waals surface area contributed by atoms with Gasteiger partial charge < -0.3 is 0 Å². The van der Waals surface area contributed by atoms with Crippen LogP contribution >= 0.6 is 22.7 Å². The van der Waals surface area contributed by atoms with Crippen LogP contribution in [0.1, 0.15) is 0 Å². The first-order chi connectivity index (χ1) is 10.0. The van der Waals surface area contributed by atoms with Crippen molar-refractivity contribution in [2.75, 3.05) is 11.0 Å². The molecule has 1 aromatic carbocycles. The lowest BCUT2D eigenvalue weighted by Gasteiger charge is -2.04. The van der Waals surface area contributed by atoms with Crippen molar-refractivity contribution in [1.29, 1.82) is 0 Å². The van der Waals surface area contributed by atoms with Crippen LogP contribution < -0.4 is 4.72 Å². The van der Waals surface area contributed by atoms with Gasteiger partial charge in [0.05, 0.1) is 11.9 Å². The monoisotopic (exact) mass is 336 g/mol. The molecule has 0 bridgehead atoms. The smallest absolute Gasteiger partial charge is 0.229 e. The molecule has 0 saturated carbocycles. The molecule has 0 spiro atoms. The molecule has 2 aromatic heterocycles. The summed E-state index contributed by atoms with van der Waals surface area (Å²) in [6.45, 7) is 0. The highest BCUT2D eigenvalue weighted by Gasteiger charge is 2.07. The van der Waals surface area contributed by atoms with E-state index in [2.05, 4.69) is 15.1 Å². The van der Waals surface area contributed by atoms with Crippen molar-refractivity contribution in [3.63, 3.8) is 0 Å². The van der Waals surface area contributed by atoms with E-state index in [9.17, 15) is 8.42 Å². The predicted molar refractivity (Wildman–Crippen MR) is 89.3 cm³/mol. The molecule has 1 N–H and O–H groups in total. The zero-order valence-electron chi connectivity index (χ0n) is 11.1. The van der Waals surface area contributed by atoms with Gasteiger partial charge in [-0.3, -0.25) is 4.72 Å². The molecule has 0 unspecified atom stereocenters. The Labute approximate surface area is 131 Å². The summed E-state index contributed by atoms with van der Waals surface area (Å²) >= 11 is 3.25. The van der Waals surface area contributed by atoms with Crippen molar-refractivity contribution in [3.05, 3.63) is 46.5 Å². The summed E-state index contributed by atoms with van der Waals surface area (Å²) in [5, 5.41) is 7.10. The zero-order chi connectivity index (χ0) is 14.9. The molecule has 0 amide bonds. The average Bonchev–Trinajstić information content (AvgIpc) is 3.09. The van der Waals surface area contributed by atoms with E-state index >= 15 is 0 Å². The van der Waals surface area contributed by atoms with Gasteiger partial charge in [0.2, 0.25) is 10.0 Å². The normalized spacial score (nSPS) is 11.5. The van der Waals surface area contributed by atoms with Crippen molar-refractivity contribution < 1.29 is 8.42 Å². The van der Waals surface area contributed by atoms with Gasteiger partial charge in [0.25, 0.3) is 0 Å². The first-order valence-electron chi connectivity index (χ1n) is 6.07. The molecular formula is C14H12N2O2S3. The van der Waals surface area contributed by atoms with E-state index in [4.69, 9.17) is 0 Å². The fourth-order valence-electron chi connectivity index (χ4n) is 1.85. The number of hydrogen-bond acceptors (Lipinski definition) is 5. The fourth-order valence-corrected chi connectivity index (χ4v) is 3.95. The molecule has 2 heterocycles. The van der Waals surface area contributed by atoms with E-state index in [-0.39, 0.29) is 0 Å². The van der Waals surface area contributed by atoms with Gasteiger partial charge in [-0.2, -0.15) is 11.3 Å². The largest absolute Gasteiger partial charge is 0.284 e. The fraction of sp³-hybridized carbons (Fsp3) is 0.0714. The van der Waals surface area contributed by atoms with E-state index in [1.165, 1.54) is 0 Å². The third-order valence-electron chi connectivity index (χ3n) is 2.76. The number of nitrogens with zero attached hydrogens (tertiary/aromatic N) is 1.